The first-order valence-electron chi connectivity index (χ1n) is 10.2. The van der Waals surface area contributed by atoms with E-state index in [1.807, 2.05) is 30.0 Å². The van der Waals surface area contributed by atoms with Crippen LogP contribution in [-0.2, 0) is 22.7 Å². The van der Waals surface area contributed by atoms with Crippen molar-refractivity contribution >= 4 is 34.3 Å². The smallest absolute Gasteiger partial charge is 0.237 e. The monoisotopic (exact) mass is 442 g/mol. The molecule has 6 nitrogen and oxygen atoms in total. The van der Waals surface area contributed by atoms with Gasteiger partial charge in [0.15, 0.2) is 0 Å². The highest BCUT2D eigenvalue weighted by Crippen LogP contribution is 2.22. The van der Waals surface area contributed by atoms with E-state index in [1.165, 1.54) is 12.1 Å². The summed E-state index contributed by atoms with van der Waals surface area (Å²) in [6.07, 6.45) is 0.0379. The molecular formula is C23H24ClFN4O2. The number of hydrogen-bond donors (Lipinski definition) is 3. The van der Waals surface area contributed by atoms with Gasteiger partial charge < -0.3 is 15.6 Å². The minimum atomic E-state index is -0.607. The van der Waals surface area contributed by atoms with E-state index in [1.54, 1.807) is 6.07 Å². The lowest BCUT2D eigenvalue weighted by molar-refractivity contribution is -0.134. The Bertz CT molecular complexity index is 1130. The first-order chi connectivity index (χ1) is 14.9. The Hall–Kier alpha value is -2.90. The molecule has 1 fully saturated rings. The molecule has 162 valence electrons. The van der Waals surface area contributed by atoms with E-state index in [0.717, 1.165) is 27.7 Å². The van der Waals surface area contributed by atoms with Crippen LogP contribution in [0.25, 0.3) is 10.9 Å². The zero-order chi connectivity index (χ0) is 22.0. The summed E-state index contributed by atoms with van der Waals surface area (Å²) < 4.78 is 13.3. The molecule has 2 aromatic carbocycles. The number of nitrogens with zero attached hydrogens (tertiary/aromatic N) is 1. The first kappa shape index (κ1) is 21.3. The van der Waals surface area contributed by atoms with Crippen molar-refractivity contribution in [3.8, 4) is 0 Å². The van der Waals surface area contributed by atoms with E-state index in [9.17, 15) is 14.0 Å². The standard InChI is InChI=1S/C23H24ClFN4O2/c1-14-8-17-9-15(2-5-20(17)28-14)12-27-22(30)11-21-23(31)26-6-7-29(21)13-16-3-4-18(25)10-19(16)24/h2-5,8-10,21,28H,6-7,11-13H2,1H3,(H,26,31)(H,27,30). The van der Waals surface area contributed by atoms with Crippen molar-refractivity contribution in [1.29, 1.82) is 0 Å². The van der Waals surface area contributed by atoms with E-state index < -0.39 is 11.9 Å². The van der Waals surface area contributed by atoms with Crippen molar-refractivity contribution in [2.24, 2.45) is 0 Å². The molecular weight excluding hydrogens is 419 g/mol. The van der Waals surface area contributed by atoms with Gasteiger partial charge in [0.2, 0.25) is 11.8 Å². The molecule has 0 bridgehead atoms. The second-order valence-electron chi connectivity index (χ2n) is 7.87. The molecule has 0 spiro atoms. The molecule has 4 rings (SSSR count). The van der Waals surface area contributed by atoms with Gasteiger partial charge in [-0.1, -0.05) is 23.7 Å². The van der Waals surface area contributed by atoms with Gasteiger partial charge in [0.25, 0.3) is 0 Å². The number of aromatic amines is 1. The van der Waals surface area contributed by atoms with E-state index in [-0.39, 0.29) is 18.2 Å². The number of fused-ring (bicyclic) bond motifs is 1. The number of piperazine rings is 1. The number of aromatic nitrogens is 1. The van der Waals surface area contributed by atoms with E-state index in [2.05, 4.69) is 21.7 Å². The van der Waals surface area contributed by atoms with Gasteiger partial charge in [-0.3, -0.25) is 14.5 Å². The Kier molecular flexibility index (Phi) is 6.25. The summed E-state index contributed by atoms with van der Waals surface area (Å²) in [5.41, 5.74) is 3.85. The molecule has 8 heteroatoms. The maximum Gasteiger partial charge on any atom is 0.237 e. The number of hydrogen-bond acceptors (Lipinski definition) is 3. The molecule has 2 heterocycles. The summed E-state index contributed by atoms with van der Waals surface area (Å²) in [4.78, 5) is 30.3. The molecule has 0 saturated carbocycles. The second-order valence-corrected chi connectivity index (χ2v) is 8.28. The molecule has 1 atom stereocenters. The van der Waals surface area contributed by atoms with Gasteiger partial charge >= 0.3 is 0 Å². The summed E-state index contributed by atoms with van der Waals surface area (Å²) in [7, 11) is 0. The fraction of sp³-hybridized carbons (Fsp3) is 0.304. The maximum absolute atomic E-state index is 13.3. The molecule has 31 heavy (non-hydrogen) atoms. The number of halogens is 2. The van der Waals surface area contributed by atoms with Crippen molar-refractivity contribution in [1.82, 2.24) is 20.5 Å². The second kappa shape index (κ2) is 9.08. The van der Waals surface area contributed by atoms with E-state index >= 15 is 0 Å². The summed E-state index contributed by atoms with van der Waals surface area (Å²) in [6.45, 7) is 3.83. The molecule has 0 radical (unpaired) electrons. The van der Waals surface area contributed by atoms with Gasteiger partial charge in [-0.2, -0.15) is 0 Å². The lowest BCUT2D eigenvalue weighted by Crippen LogP contribution is -2.56. The van der Waals surface area contributed by atoms with Crippen molar-refractivity contribution in [3.05, 3.63) is 70.1 Å². The SMILES string of the molecule is Cc1cc2cc(CNC(=O)CC3C(=O)NCCN3Cc3ccc(F)cc3Cl)ccc2[nH]1. The van der Waals surface area contributed by atoms with Crippen LogP contribution in [0, 0.1) is 12.7 Å². The molecule has 1 aliphatic heterocycles. The summed E-state index contributed by atoms with van der Waals surface area (Å²) >= 11 is 6.15. The van der Waals surface area contributed by atoms with Crippen LogP contribution in [0.2, 0.25) is 5.02 Å². The molecule has 1 aromatic heterocycles. The van der Waals surface area contributed by atoms with Crippen molar-refractivity contribution < 1.29 is 14.0 Å². The Labute approximate surface area is 184 Å². The van der Waals surface area contributed by atoms with Crippen molar-refractivity contribution in [2.75, 3.05) is 13.1 Å². The van der Waals surface area contributed by atoms with Crippen LogP contribution in [0.5, 0.6) is 0 Å². The Balaban J connectivity index is 1.39. The number of rotatable bonds is 6. The molecule has 3 aromatic rings. The first-order valence-corrected chi connectivity index (χ1v) is 10.6. The molecule has 1 aliphatic rings. The van der Waals surface area contributed by atoms with Gasteiger partial charge in [0.05, 0.1) is 12.5 Å². The average Bonchev–Trinajstić information content (AvgIpc) is 3.10. The number of aryl methyl sites for hydroxylation is 1. The highest BCUT2D eigenvalue weighted by atomic mass is 35.5. The minimum absolute atomic E-state index is 0.0379. The zero-order valence-corrected chi connectivity index (χ0v) is 17.9. The maximum atomic E-state index is 13.3. The predicted molar refractivity (Wildman–Crippen MR) is 118 cm³/mol. The van der Waals surface area contributed by atoms with Crippen LogP contribution in [0.15, 0.2) is 42.5 Å². The van der Waals surface area contributed by atoms with Crippen LogP contribution in [0.3, 0.4) is 0 Å². The Morgan fingerprint density at radius 3 is 2.90 bits per heavy atom. The lowest BCUT2D eigenvalue weighted by atomic mass is 10.1. The van der Waals surface area contributed by atoms with Crippen LogP contribution in [0.4, 0.5) is 4.39 Å². The molecule has 1 saturated heterocycles. The van der Waals surface area contributed by atoms with E-state index in [0.29, 0.717) is 31.2 Å². The largest absolute Gasteiger partial charge is 0.359 e. The van der Waals surface area contributed by atoms with Gasteiger partial charge in [0.1, 0.15) is 5.82 Å². The third kappa shape index (κ3) is 5.06. The Morgan fingerprint density at radius 2 is 2.10 bits per heavy atom. The normalized spacial score (nSPS) is 17.0. The van der Waals surface area contributed by atoms with Gasteiger partial charge in [-0.25, -0.2) is 4.39 Å². The average molecular weight is 443 g/mol. The fourth-order valence-corrected chi connectivity index (χ4v) is 4.15. The zero-order valence-electron chi connectivity index (χ0n) is 17.2. The summed E-state index contributed by atoms with van der Waals surface area (Å²) in [5.74, 6) is -0.805. The Morgan fingerprint density at radius 1 is 1.26 bits per heavy atom. The number of carbonyl (C=O) groups is 2. The number of benzene rings is 2. The lowest BCUT2D eigenvalue weighted by Gasteiger charge is -2.34. The van der Waals surface area contributed by atoms with Crippen molar-refractivity contribution in [3.63, 3.8) is 0 Å². The molecule has 1 unspecified atom stereocenters. The third-order valence-electron chi connectivity index (χ3n) is 5.52. The third-order valence-corrected chi connectivity index (χ3v) is 5.87. The molecule has 2 amide bonds. The van der Waals surface area contributed by atoms with Crippen LogP contribution in [0.1, 0.15) is 23.2 Å². The number of H-pyrrole nitrogens is 1. The van der Waals surface area contributed by atoms with Crippen molar-refractivity contribution in [2.45, 2.75) is 32.5 Å². The van der Waals surface area contributed by atoms with Gasteiger partial charge in [-0.05, 0) is 53.8 Å². The number of amides is 2. The molecule has 0 aliphatic carbocycles. The quantitative estimate of drug-likeness (QED) is 0.548. The van der Waals surface area contributed by atoms with Gasteiger partial charge in [-0.15, -0.1) is 0 Å². The van der Waals surface area contributed by atoms with Crippen LogP contribution >= 0.6 is 11.6 Å². The predicted octanol–water partition coefficient (Wildman–Crippen LogP) is 3.28. The highest BCUT2D eigenvalue weighted by Gasteiger charge is 2.31. The van der Waals surface area contributed by atoms with Crippen LogP contribution < -0.4 is 10.6 Å². The van der Waals surface area contributed by atoms with Gasteiger partial charge in [0, 0.05) is 42.4 Å². The number of nitrogens with one attached hydrogen (secondary N) is 3. The number of carbonyl (C=O) groups excluding carboxylic acids is 2. The summed E-state index contributed by atoms with van der Waals surface area (Å²) in [6, 6.07) is 11.7. The van der Waals surface area contributed by atoms with E-state index in [4.69, 9.17) is 11.6 Å². The minimum Gasteiger partial charge on any atom is -0.359 e. The fourth-order valence-electron chi connectivity index (χ4n) is 3.93. The van der Waals surface area contributed by atoms with Crippen LogP contribution in [-0.4, -0.2) is 40.8 Å². The topological polar surface area (TPSA) is 77.2 Å². The molecule has 3 N–H and O–H groups in total. The summed E-state index contributed by atoms with van der Waals surface area (Å²) in [5, 5.41) is 7.13. The highest BCUT2D eigenvalue weighted by molar-refractivity contribution is 6.31.